The van der Waals surface area contributed by atoms with Gasteiger partial charge in [-0.2, -0.15) is 0 Å². The summed E-state index contributed by atoms with van der Waals surface area (Å²) in [7, 11) is 0. The van der Waals surface area contributed by atoms with Crippen LogP contribution in [-0.2, 0) is 11.2 Å². The first kappa shape index (κ1) is 15.9. The van der Waals surface area contributed by atoms with Crippen molar-refractivity contribution in [2.45, 2.75) is 32.8 Å². The van der Waals surface area contributed by atoms with E-state index in [2.05, 4.69) is 39.5 Å². The predicted molar refractivity (Wildman–Crippen MR) is 84.2 cm³/mol. The lowest BCUT2D eigenvalue weighted by Crippen LogP contribution is -2.45. The Labute approximate surface area is 126 Å². The van der Waals surface area contributed by atoms with Crippen molar-refractivity contribution in [1.29, 1.82) is 0 Å². The summed E-state index contributed by atoms with van der Waals surface area (Å²) in [6, 6.07) is 0. The maximum atomic E-state index is 5.80. The van der Waals surface area contributed by atoms with E-state index in [1.807, 2.05) is 0 Å². The highest BCUT2D eigenvalue weighted by atomic mass is 16.5. The Bertz CT molecular complexity index is 441. The highest BCUT2D eigenvalue weighted by molar-refractivity contribution is 5.56. The van der Waals surface area contributed by atoms with Crippen LogP contribution in [0.5, 0.6) is 0 Å². The summed E-state index contributed by atoms with van der Waals surface area (Å²) >= 11 is 0. The van der Waals surface area contributed by atoms with Crippen molar-refractivity contribution < 1.29 is 4.74 Å². The van der Waals surface area contributed by atoms with E-state index in [4.69, 9.17) is 10.6 Å². The standard InChI is InChI=1S/C14H26N6O/c1-3-5-12-13(17-10-18-14(12)19-15)16-8-11-9-20(4-2)6-7-21-11/h10-11H,3-9,15H2,1-2H3,(H2,16,17,18,19). The number of hydrazine groups is 1. The van der Waals surface area contributed by atoms with Gasteiger partial charge in [0, 0.05) is 25.2 Å². The van der Waals surface area contributed by atoms with Gasteiger partial charge < -0.3 is 15.5 Å². The second kappa shape index (κ2) is 8.11. The first-order valence-electron chi connectivity index (χ1n) is 7.66. The molecule has 1 saturated heterocycles. The monoisotopic (exact) mass is 294 g/mol. The number of nitrogens with two attached hydrogens (primary N) is 1. The Kier molecular flexibility index (Phi) is 6.16. The molecule has 1 aliphatic rings. The van der Waals surface area contributed by atoms with Gasteiger partial charge in [0.05, 0.1) is 12.7 Å². The van der Waals surface area contributed by atoms with Gasteiger partial charge in [-0.25, -0.2) is 15.8 Å². The number of hydrogen-bond donors (Lipinski definition) is 3. The lowest BCUT2D eigenvalue weighted by atomic mass is 10.1. The fraction of sp³-hybridized carbons (Fsp3) is 0.714. The summed E-state index contributed by atoms with van der Waals surface area (Å²) in [5.41, 5.74) is 3.68. The van der Waals surface area contributed by atoms with Crippen LogP contribution in [0.15, 0.2) is 6.33 Å². The summed E-state index contributed by atoms with van der Waals surface area (Å²) in [5.74, 6) is 7.06. The minimum atomic E-state index is 0.192. The zero-order valence-corrected chi connectivity index (χ0v) is 12.9. The molecule has 118 valence electrons. The molecule has 1 aromatic heterocycles. The summed E-state index contributed by atoms with van der Waals surface area (Å²) in [6.45, 7) is 8.88. The molecule has 0 aromatic carbocycles. The molecule has 4 N–H and O–H groups in total. The van der Waals surface area contributed by atoms with Crippen LogP contribution in [0.1, 0.15) is 25.8 Å². The van der Waals surface area contributed by atoms with Gasteiger partial charge in [0.25, 0.3) is 0 Å². The van der Waals surface area contributed by atoms with Crippen LogP contribution >= 0.6 is 0 Å². The summed E-state index contributed by atoms with van der Waals surface area (Å²) in [6.07, 6.45) is 3.62. The molecule has 21 heavy (non-hydrogen) atoms. The first-order valence-corrected chi connectivity index (χ1v) is 7.66. The Morgan fingerprint density at radius 1 is 1.38 bits per heavy atom. The number of nitrogens with one attached hydrogen (secondary N) is 2. The number of aromatic nitrogens is 2. The van der Waals surface area contributed by atoms with E-state index in [0.29, 0.717) is 5.82 Å². The molecule has 0 bridgehead atoms. The molecule has 1 atom stereocenters. The molecule has 2 rings (SSSR count). The Morgan fingerprint density at radius 2 is 2.19 bits per heavy atom. The fourth-order valence-corrected chi connectivity index (χ4v) is 2.58. The number of nitrogen functional groups attached to an aromatic ring is 1. The smallest absolute Gasteiger partial charge is 0.148 e. The number of anilines is 2. The Balaban J connectivity index is 1.99. The molecular formula is C14H26N6O. The number of morpholine rings is 1. The second-order valence-corrected chi connectivity index (χ2v) is 5.21. The molecule has 0 amide bonds. The van der Waals surface area contributed by atoms with Gasteiger partial charge in [-0.3, -0.25) is 4.90 Å². The second-order valence-electron chi connectivity index (χ2n) is 5.21. The van der Waals surface area contributed by atoms with E-state index >= 15 is 0 Å². The lowest BCUT2D eigenvalue weighted by Gasteiger charge is -2.32. The minimum Gasteiger partial charge on any atom is -0.374 e. The minimum absolute atomic E-state index is 0.192. The third-order valence-electron chi connectivity index (χ3n) is 3.75. The van der Waals surface area contributed by atoms with Crippen molar-refractivity contribution in [1.82, 2.24) is 14.9 Å². The van der Waals surface area contributed by atoms with Crippen LogP contribution in [0.3, 0.4) is 0 Å². The van der Waals surface area contributed by atoms with E-state index in [-0.39, 0.29) is 6.10 Å². The average Bonchev–Trinajstić information content (AvgIpc) is 2.54. The fourth-order valence-electron chi connectivity index (χ4n) is 2.58. The summed E-state index contributed by atoms with van der Waals surface area (Å²) in [5, 5.41) is 3.39. The molecule has 1 unspecified atom stereocenters. The molecule has 1 aromatic rings. The zero-order valence-electron chi connectivity index (χ0n) is 12.9. The van der Waals surface area contributed by atoms with Crippen molar-refractivity contribution in [3.8, 4) is 0 Å². The van der Waals surface area contributed by atoms with Gasteiger partial charge >= 0.3 is 0 Å². The van der Waals surface area contributed by atoms with Crippen molar-refractivity contribution in [2.75, 3.05) is 43.5 Å². The van der Waals surface area contributed by atoms with Crippen LogP contribution in [0.25, 0.3) is 0 Å². The molecule has 2 heterocycles. The number of hydrogen-bond acceptors (Lipinski definition) is 7. The average molecular weight is 294 g/mol. The van der Waals surface area contributed by atoms with E-state index in [1.165, 1.54) is 6.33 Å². The number of ether oxygens (including phenoxy) is 1. The summed E-state index contributed by atoms with van der Waals surface area (Å²) in [4.78, 5) is 10.9. The van der Waals surface area contributed by atoms with Gasteiger partial charge in [0.2, 0.25) is 0 Å². The van der Waals surface area contributed by atoms with Crippen LogP contribution in [0.4, 0.5) is 11.6 Å². The molecule has 1 fully saturated rings. The van der Waals surface area contributed by atoms with Crippen LogP contribution in [0.2, 0.25) is 0 Å². The number of likely N-dealkylation sites (N-methyl/N-ethyl adjacent to an activating group) is 1. The first-order chi connectivity index (χ1) is 10.3. The van der Waals surface area contributed by atoms with Crippen molar-refractivity contribution in [3.05, 3.63) is 11.9 Å². The summed E-state index contributed by atoms with van der Waals surface area (Å²) < 4.78 is 5.80. The van der Waals surface area contributed by atoms with Crippen LogP contribution < -0.4 is 16.6 Å². The molecular weight excluding hydrogens is 268 g/mol. The van der Waals surface area contributed by atoms with E-state index in [9.17, 15) is 0 Å². The van der Waals surface area contributed by atoms with Gasteiger partial charge in [0.1, 0.15) is 18.0 Å². The highest BCUT2D eigenvalue weighted by Crippen LogP contribution is 2.21. The van der Waals surface area contributed by atoms with Crippen molar-refractivity contribution in [3.63, 3.8) is 0 Å². The van der Waals surface area contributed by atoms with E-state index < -0.39 is 0 Å². The van der Waals surface area contributed by atoms with Gasteiger partial charge in [-0.1, -0.05) is 20.3 Å². The molecule has 0 saturated carbocycles. The largest absolute Gasteiger partial charge is 0.374 e. The quantitative estimate of drug-likeness (QED) is 0.507. The Morgan fingerprint density at radius 3 is 2.90 bits per heavy atom. The number of rotatable bonds is 7. The lowest BCUT2D eigenvalue weighted by molar-refractivity contribution is -0.0192. The maximum Gasteiger partial charge on any atom is 0.148 e. The third kappa shape index (κ3) is 4.26. The Hall–Kier alpha value is -1.44. The normalized spacial score (nSPS) is 19.5. The predicted octanol–water partition coefficient (Wildman–Crippen LogP) is 0.847. The van der Waals surface area contributed by atoms with Crippen molar-refractivity contribution >= 4 is 11.6 Å². The molecule has 1 aliphatic heterocycles. The molecule has 7 nitrogen and oxygen atoms in total. The van der Waals surface area contributed by atoms with Gasteiger partial charge in [0.15, 0.2) is 0 Å². The SMILES string of the molecule is CCCc1c(NN)ncnc1NCC1CN(CC)CCO1. The van der Waals surface area contributed by atoms with Crippen LogP contribution in [0, 0.1) is 0 Å². The molecule has 7 heteroatoms. The van der Waals surface area contributed by atoms with Crippen LogP contribution in [-0.4, -0.2) is 53.8 Å². The van der Waals surface area contributed by atoms with Crippen molar-refractivity contribution in [2.24, 2.45) is 5.84 Å². The maximum absolute atomic E-state index is 5.80. The third-order valence-corrected chi connectivity index (χ3v) is 3.75. The zero-order chi connectivity index (χ0) is 15.1. The van der Waals surface area contributed by atoms with Gasteiger partial charge in [-0.15, -0.1) is 0 Å². The molecule has 0 aliphatic carbocycles. The van der Waals surface area contributed by atoms with Gasteiger partial charge in [-0.05, 0) is 13.0 Å². The highest BCUT2D eigenvalue weighted by Gasteiger charge is 2.20. The number of nitrogens with zero attached hydrogens (tertiary/aromatic N) is 3. The van der Waals surface area contributed by atoms with E-state index in [0.717, 1.165) is 57.0 Å². The van der Waals surface area contributed by atoms with E-state index in [1.54, 1.807) is 0 Å². The topological polar surface area (TPSA) is 88.3 Å². The molecule has 0 spiro atoms. The molecule has 0 radical (unpaired) electrons.